The summed E-state index contributed by atoms with van der Waals surface area (Å²) in [5, 5.41) is 3.30. The number of aromatic nitrogens is 2. The zero-order chi connectivity index (χ0) is 13.2. The van der Waals surface area contributed by atoms with Crippen LogP contribution in [0.25, 0.3) is 11.0 Å². The normalized spacial score (nSPS) is 19.8. The zero-order valence-electron chi connectivity index (χ0n) is 11.0. The maximum Gasteiger partial charge on any atom is 0.227 e. The highest BCUT2D eigenvalue weighted by Gasteiger charge is 2.22. The number of imidazole rings is 1. The van der Waals surface area contributed by atoms with Crippen LogP contribution < -0.4 is 5.32 Å². The van der Waals surface area contributed by atoms with E-state index in [-0.39, 0.29) is 11.9 Å². The summed E-state index contributed by atoms with van der Waals surface area (Å²) in [6.07, 6.45) is 2.13. The number of amides is 1. The van der Waals surface area contributed by atoms with Crippen LogP contribution in [0.2, 0.25) is 0 Å². The van der Waals surface area contributed by atoms with Gasteiger partial charge in [-0.05, 0) is 24.6 Å². The molecule has 2 aromatic rings. The number of piperazine rings is 1. The van der Waals surface area contributed by atoms with Gasteiger partial charge in [0.2, 0.25) is 5.91 Å². The van der Waals surface area contributed by atoms with Crippen molar-refractivity contribution in [2.24, 2.45) is 0 Å². The molecule has 1 aromatic carbocycles. The van der Waals surface area contributed by atoms with Crippen LogP contribution in [0.5, 0.6) is 0 Å². The molecule has 5 heteroatoms. The van der Waals surface area contributed by atoms with E-state index in [0.29, 0.717) is 6.42 Å². The summed E-state index contributed by atoms with van der Waals surface area (Å²) in [5.74, 6) is 0.202. The number of nitrogens with one attached hydrogen (secondary N) is 2. The first kappa shape index (κ1) is 12.2. The molecule has 1 fully saturated rings. The van der Waals surface area contributed by atoms with Crippen molar-refractivity contribution >= 4 is 16.9 Å². The Morgan fingerprint density at radius 1 is 1.53 bits per heavy atom. The topological polar surface area (TPSA) is 61.0 Å². The van der Waals surface area contributed by atoms with Gasteiger partial charge in [0.05, 0.1) is 23.8 Å². The molecule has 0 spiro atoms. The zero-order valence-corrected chi connectivity index (χ0v) is 11.0. The Balaban J connectivity index is 1.74. The van der Waals surface area contributed by atoms with Crippen LogP contribution in [0, 0.1) is 0 Å². The Bertz CT molecular complexity index is 592. The van der Waals surface area contributed by atoms with Gasteiger partial charge >= 0.3 is 0 Å². The molecule has 3 rings (SSSR count). The number of H-pyrrole nitrogens is 1. The fourth-order valence-corrected chi connectivity index (χ4v) is 2.58. The van der Waals surface area contributed by atoms with E-state index in [1.165, 1.54) is 0 Å². The molecule has 1 atom stereocenters. The molecular formula is C14H18N4O. The lowest BCUT2D eigenvalue weighted by Crippen LogP contribution is -2.52. The number of rotatable bonds is 2. The van der Waals surface area contributed by atoms with E-state index >= 15 is 0 Å². The summed E-state index contributed by atoms with van der Waals surface area (Å²) in [5.41, 5.74) is 2.96. The second-order valence-electron chi connectivity index (χ2n) is 5.07. The fourth-order valence-electron chi connectivity index (χ4n) is 2.58. The predicted molar refractivity (Wildman–Crippen MR) is 73.8 cm³/mol. The Morgan fingerprint density at radius 3 is 3.26 bits per heavy atom. The Morgan fingerprint density at radius 2 is 2.42 bits per heavy atom. The first-order chi connectivity index (χ1) is 9.24. The highest BCUT2D eigenvalue weighted by molar-refractivity contribution is 5.82. The number of benzene rings is 1. The molecule has 100 valence electrons. The van der Waals surface area contributed by atoms with E-state index in [0.717, 1.165) is 36.2 Å². The van der Waals surface area contributed by atoms with Gasteiger partial charge in [0.25, 0.3) is 0 Å². The van der Waals surface area contributed by atoms with Gasteiger partial charge < -0.3 is 15.2 Å². The number of hydrogen-bond acceptors (Lipinski definition) is 3. The number of carbonyl (C=O) groups is 1. The summed E-state index contributed by atoms with van der Waals surface area (Å²) in [4.78, 5) is 21.5. The number of aromatic amines is 1. The molecule has 1 unspecified atom stereocenters. The first-order valence-corrected chi connectivity index (χ1v) is 6.66. The largest absolute Gasteiger partial charge is 0.345 e. The molecule has 0 bridgehead atoms. The molecule has 1 aromatic heterocycles. The molecule has 0 radical (unpaired) electrons. The standard InChI is InChI=1S/C14H18N4O/c1-10-8-15-4-5-18(10)14(19)7-11-2-3-12-13(6-11)17-9-16-12/h2-3,6,9-10,15H,4-5,7-8H2,1H3,(H,16,17). The van der Waals surface area contributed by atoms with Crippen LogP contribution in [-0.2, 0) is 11.2 Å². The fraction of sp³-hybridized carbons (Fsp3) is 0.429. The average Bonchev–Trinajstić information content (AvgIpc) is 2.86. The molecule has 1 aliphatic heterocycles. The van der Waals surface area contributed by atoms with Gasteiger partial charge in [-0.2, -0.15) is 0 Å². The Hall–Kier alpha value is -1.88. The first-order valence-electron chi connectivity index (χ1n) is 6.66. The van der Waals surface area contributed by atoms with E-state index < -0.39 is 0 Å². The summed E-state index contributed by atoms with van der Waals surface area (Å²) < 4.78 is 0. The molecule has 0 aliphatic carbocycles. The van der Waals surface area contributed by atoms with Gasteiger partial charge in [0.15, 0.2) is 0 Å². The predicted octanol–water partition coefficient (Wildman–Crippen LogP) is 0.926. The highest BCUT2D eigenvalue weighted by Crippen LogP contribution is 2.14. The third-order valence-electron chi connectivity index (χ3n) is 3.66. The maximum atomic E-state index is 12.3. The summed E-state index contributed by atoms with van der Waals surface area (Å²) in [6, 6.07) is 6.22. The minimum absolute atomic E-state index is 0.202. The van der Waals surface area contributed by atoms with E-state index in [9.17, 15) is 4.79 Å². The second kappa shape index (κ2) is 5.01. The number of carbonyl (C=O) groups excluding carboxylic acids is 1. The van der Waals surface area contributed by atoms with Crippen molar-refractivity contribution in [2.75, 3.05) is 19.6 Å². The monoisotopic (exact) mass is 258 g/mol. The quantitative estimate of drug-likeness (QED) is 0.842. The molecule has 2 N–H and O–H groups in total. The molecule has 19 heavy (non-hydrogen) atoms. The van der Waals surface area contributed by atoms with Crippen molar-refractivity contribution in [3.05, 3.63) is 30.1 Å². The van der Waals surface area contributed by atoms with E-state index in [4.69, 9.17) is 0 Å². The minimum Gasteiger partial charge on any atom is -0.345 e. The lowest BCUT2D eigenvalue weighted by Gasteiger charge is -2.34. The van der Waals surface area contributed by atoms with E-state index in [1.807, 2.05) is 23.1 Å². The average molecular weight is 258 g/mol. The smallest absolute Gasteiger partial charge is 0.227 e. The van der Waals surface area contributed by atoms with Crippen molar-refractivity contribution in [3.8, 4) is 0 Å². The van der Waals surface area contributed by atoms with Gasteiger partial charge in [0, 0.05) is 25.7 Å². The summed E-state index contributed by atoms with van der Waals surface area (Å²) in [7, 11) is 0. The van der Waals surface area contributed by atoms with E-state index in [1.54, 1.807) is 6.33 Å². The number of fused-ring (bicyclic) bond motifs is 1. The molecular weight excluding hydrogens is 240 g/mol. The van der Waals surface area contributed by atoms with Crippen molar-refractivity contribution in [2.45, 2.75) is 19.4 Å². The van der Waals surface area contributed by atoms with Crippen LogP contribution in [0.3, 0.4) is 0 Å². The van der Waals surface area contributed by atoms with Crippen LogP contribution >= 0.6 is 0 Å². The maximum absolute atomic E-state index is 12.3. The Kier molecular flexibility index (Phi) is 3.21. The van der Waals surface area contributed by atoms with E-state index in [2.05, 4.69) is 22.2 Å². The van der Waals surface area contributed by atoms with Crippen molar-refractivity contribution in [1.29, 1.82) is 0 Å². The molecule has 0 saturated carbocycles. The summed E-state index contributed by atoms with van der Waals surface area (Å²) >= 11 is 0. The summed E-state index contributed by atoms with van der Waals surface area (Å²) in [6.45, 7) is 4.65. The minimum atomic E-state index is 0.202. The lowest BCUT2D eigenvalue weighted by atomic mass is 10.1. The number of nitrogens with zero attached hydrogens (tertiary/aromatic N) is 2. The molecule has 2 heterocycles. The van der Waals surface area contributed by atoms with Gasteiger partial charge in [-0.15, -0.1) is 0 Å². The van der Waals surface area contributed by atoms with Crippen molar-refractivity contribution in [3.63, 3.8) is 0 Å². The van der Waals surface area contributed by atoms with Crippen LogP contribution in [0.15, 0.2) is 24.5 Å². The van der Waals surface area contributed by atoms with Crippen LogP contribution in [0.1, 0.15) is 12.5 Å². The lowest BCUT2D eigenvalue weighted by molar-refractivity contribution is -0.133. The van der Waals surface area contributed by atoms with Crippen LogP contribution in [0.4, 0.5) is 0 Å². The van der Waals surface area contributed by atoms with Gasteiger partial charge in [-0.25, -0.2) is 4.98 Å². The van der Waals surface area contributed by atoms with Crippen molar-refractivity contribution in [1.82, 2.24) is 20.2 Å². The third-order valence-corrected chi connectivity index (χ3v) is 3.66. The molecule has 5 nitrogen and oxygen atoms in total. The number of hydrogen-bond donors (Lipinski definition) is 2. The van der Waals surface area contributed by atoms with Crippen molar-refractivity contribution < 1.29 is 4.79 Å². The van der Waals surface area contributed by atoms with Gasteiger partial charge in [-0.3, -0.25) is 4.79 Å². The second-order valence-corrected chi connectivity index (χ2v) is 5.07. The van der Waals surface area contributed by atoms with Crippen LogP contribution in [-0.4, -0.2) is 46.5 Å². The Labute approximate surface area is 112 Å². The van der Waals surface area contributed by atoms with Gasteiger partial charge in [-0.1, -0.05) is 6.07 Å². The molecule has 1 amide bonds. The highest BCUT2D eigenvalue weighted by atomic mass is 16.2. The molecule has 1 aliphatic rings. The molecule has 1 saturated heterocycles. The SMILES string of the molecule is CC1CNCCN1C(=O)Cc1ccc2nc[nH]c2c1. The third kappa shape index (κ3) is 2.46. The van der Waals surface area contributed by atoms with Gasteiger partial charge in [0.1, 0.15) is 0 Å².